The van der Waals surface area contributed by atoms with Crippen LogP contribution in [0.5, 0.6) is 0 Å². The van der Waals surface area contributed by atoms with Crippen molar-refractivity contribution < 1.29 is 49.2 Å². The molecule has 4 nitrogen and oxygen atoms in total. The molecule has 2 unspecified atom stereocenters. The summed E-state index contributed by atoms with van der Waals surface area (Å²) < 4.78 is 104. The number of hydrogen-bond acceptors (Lipinski definition) is 3. The lowest BCUT2D eigenvalue weighted by atomic mass is 10.2. The van der Waals surface area contributed by atoms with E-state index in [0.29, 0.717) is 0 Å². The minimum atomic E-state index is -6.07. The normalized spacial score (nSPS) is 18.4. The standard InChI is InChI=1S/C7H10F7O4P/c1-2-3-17-19(15,16)18-5(10)7(13,14)6(11,12)4(8)9/h4-5H,2-3H2,1H3,(H,15,16). The monoisotopic (exact) mass is 322 g/mol. The fourth-order valence-electron chi connectivity index (χ4n) is 0.717. The van der Waals surface area contributed by atoms with Crippen LogP contribution in [0.25, 0.3) is 0 Å². The molecule has 0 aromatic heterocycles. The van der Waals surface area contributed by atoms with Crippen LogP contribution in [0.4, 0.5) is 30.7 Å². The summed E-state index contributed by atoms with van der Waals surface area (Å²) in [5, 5.41) is 0. The summed E-state index contributed by atoms with van der Waals surface area (Å²) in [4.78, 5) is 8.69. The molecule has 0 saturated heterocycles. The number of halogens is 7. The summed E-state index contributed by atoms with van der Waals surface area (Å²) in [5.41, 5.74) is 0. The minimum Gasteiger partial charge on any atom is -0.302 e. The van der Waals surface area contributed by atoms with E-state index in [1.165, 1.54) is 6.92 Å². The average Bonchev–Trinajstić information content (AvgIpc) is 2.25. The first-order valence-electron chi connectivity index (χ1n) is 4.72. The van der Waals surface area contributed by atoms with Gasteiger partial charge in [0, 0.05) is 0 Å². The van der Waals surface area contributed by atoms with E-state index in [1.807, 2.05) is 0 Å². The molecule has 0 aromatic rings. The van der Waals surface area contributed by atoms with Crippen LogP contribution in [0.1, 0.15) is 13.3 Å². The quantitative estimate of drug-likeness (QED) is 0.550. The molecule has 116 valence electrons. The van der Waals surface area contributed by atoms with Gasteiger partial charge >= 0.3 is 26.1 Å². The van der Waals surface area contributed by atoms with E-state index in [-0.39, 0.29) is 6.42 Å². The third-order valence-electron chi connectivity index (χ3n) is 1.69. The predicted octanol–water partition coefficient (Wildman–Crippen LogP) is 3.36. The molecular formula is C7H10F7O4P. The van der Waals surface area contributed by atoms with Crippen LogP contribution in [0.15, 0.2) is 0 Å². The van der Waals surface area contributed by atoms with Crippen molar-refractivity contribution in [2.24, 2.45) is 0 Å². The van der Waals surface area contributed by atoms with E-state index in [1.54, 1.807) is 0 Å². The number of phosphoric ester groups is 1. The highest BCUT2D eigenvalue weighted by atomic mass is 31.2. The van der Waals surface area contributed by atoms with Gasteiger partial charge in [-0.05, 0) is 6.42 Å². The fourth-order valence-corrected chi connectivity index (χ4v) is 1.56. The van der Waals surface area contributed by atoms with Gasteiger partial charge in [-0.15, -0.1) is 0 Å². The Morgan fingerprint density at radius 3 is 2.00 bits per heavy atom. The van der Waals surface area contributed by atoms with Crippen molar-refractivity contribution in [3.63, 3.8) is 0 Å². The number of rotatable bonds is 8. The predicted molar refractivity (Wildman–Crippen MR) is 47.9 cm³/mol. The molecule has 19 heavy (non-hydrogen) atoms. The molecule has 0 aliphatic heterocycles. The van der Waals surface area contributed by atoms with Crippen molar-refractivity contribution in [2.45, 2.75) is 38.0 Å². The van der Waals surface area contributed by atoms with Gasteiger partial charge in [-0.1, -0.05) is 6.92 Å². The molecule has 0 saturated carbocycles. The average molecular weight is 322 g/mol. The summed E-state index contributed by atoms with van der Waals surface area (Å²) in [6.07, 6.45) is -9.22. The maximum Gasteiger partial charge on any atom is 0.474 e. The van der Waals surface area contributed by atoms with Crippen molar-refractivity contribution in [1.29, 1.82) is 0 Å². The van der Waals surface area contributed by atoms with Crippen molar-refractivity contribution >= 4 is 7.82 Å². The van der Waals surface area contributed by atoms with E-state index >= 15 is 0 Å². The first-order chi connectivity index (χ1) is 8.38. The van der Waals surface area contributed by atoms with Crippen LogP contribution < -0.4 is 0 Å². The summed E-state index contributed by atoms with van der Waals surface area (Å²) in [5.74, 6) is -12.1. The van der Waals surface area contributed by atoms with Gasteiger partial charge in [-0.3, -0.25) is 4.52 Å². The Morgan fingerprint density at radius 1 is 1.16 bits per heavy atom. The van der Waals surface area contributed by atoms with Gasteiger partial charge in [0.25, 0.3) is 6.36 Å². The first kappa shape index (κ1) is 18.6. The minimum absolute atomic E-state index is 0.106. The van der Waals surface area contributed by atoms with Gasteiger partial charge in [0.05, 0.1) is 6.61 Å². The molecule has 0 heterocycles. The molecule has 1 N–H and O–H groups in total. The summed E-state index contributed by atoms with van der Waals surface area (Å²) in [6, 6.07) is 0. The topological polar surface area (TPSA) is 55.8 Å². The summed E-state index contributed by atoms with van der Waals surface area (Å²) in [7, 11) is -5.39. The second kappa shape index (κ2) is 6.38. The van der Waals surface area contributed by atoms with Crippen molar-refractivity contribution in [2.75, 3.05) is 6.61 Å². The molecule has 0 fully saturated rings. The Balaban J connectivity index is 4.91. The number of alkyl halides is 7. The van der Waals surface area contributed by atoms with Crippen LogP contribution in [0.3, 0.4) is 0 Å². The zero-order chi connectivity index (χ0) is 15.5. The molecule has 0 bridgehead atoms. The number of phosphoric acid groups is 1. The van der Waals surface area contributed by atoms with Gasteiger partial charge in [0.1, 0.15) is 0 Å². The van der Waals surface area contributed by atoms with E-state index < -0.39 is 39.1 Å². The van der Waals surface area contributed by atoms with Crippen molar-refractivity contribution in [1.82, 2.24) is 0 Å². The molecular weight excluding hydrogens is 312 g/mol. The molecule has 0 radical (unpaired) electrons. The highest BCUT2D eigenvalue weighted by Crippen LogP contribution is 2.51. The van der Waals surface area contributed by atoms with Gasteiger partial charge in [-0.25, -0.2) is 22.3 Å². The molecule has 0 spiro atoms. The second-order valence-corrected chi connectivity index (χ2v) is 4.68. The summed E-state index contributed by atoms with van der Waals surface area (Å²) in [6.45, 7) is 0.907. The van der Waals surface area contributed by atoms with Crippen LogP contribution in [0, 0.1) is 0 Å². The van der Waals surface area contributed by atoms with Crippen LogP contribution >= 0.6 is 7.82 Å². The van der Waals surface area contributed by atoms with E-state index in [4.69, 9.17) is 4.89 Å². The lowest BCUT2D eigenvalue weighted by Crippen LogP contribution is -2.52. The fraction of sp³-hybridized carbons (Fsp3) is 1.00. The third-order valence-corrected chi connectivity index (χ3v) is 2.65. The SMILES string of the molecule is CCCOP(=O)(O)OC(F)C(F)(F)C(F)(F)C(F)F. The van der Waals surface area contributed by atoms with Crippen molar-refractivity contribution in [3.8, 4) is 0 Å². The molecule has 0 aromatic carbocycles. The van der Waals surface area contributed by atoms with Crippen LogP contribution in [0.2, 0.25) is 0 Å². The Labute approximate surface area is 103 Å². The van der Waals surface area contributed by atoms with Gasteiger partial charge < -0.3 is 4.89 Å². The Bertz CT molecular complexity index is 337. The lowest BCUT2D eigenvalue weighted by Gasteiger charge is -2.28. The molecule has 2 atom stereocenters. The van der Waals surface area contributed by atoms with E-state index in [9.17, 15) is 35.3 Å². The lowest BCUT2D eigenvalue weighted by molar-refractivity contribution is -0.313. The van der Waals surface area contributed by atoms with Crippen LogP contribution in [-0.2, 0) is 13.6 Å². The van der Waals surface area contributed by atoms with Gasteiger partial charge in [0.2, 0.25) is 0 Å². The number of hydrogen-bond donors (Lipinski definition) is 1. The zero-order valence-electron chi connectivity index (χ0n) is 9.33. The maximum atomic E-state index is 12.8. The zero-order valence-corrected chi connectivity index (χ0v) is 10.2. The second-order valence-electron chi connectivity index (χ2n) is 3.27. The first-order valence-corrected chi connectivity index (χ1v) is 6.21. The molecule has 12 heteroatoms. The van der Waals surface area contributed by atoms with Crippen molar-refractivity contribution in [3.05, 3.63) is 0 Å². The molecule has 0 rings (SSSR count). The van der Waals surface area contributed by atoms with Crippen LogP contribution in [-0.4, -0.2) is 36.1 Å². The highest BCUT2D eigenvalue weighted by Gasteiger charge is 2.69. The smallest absolute Gasteiger partial charge is 0.302 e. The summed E-state index contributed by atoms with van der Waals surface area (Å²) >= 11 is 0. The van der Waals surface area contributed by atoms with E-state index in [2.05, 4.69) is 9.05 Å². The molecule has 0 aliphatic carbocycles. The Morgan fingerprint density at radius 2 is 1.63 bits per heavy atom. The third kappa shape index (κ3) is 4.59. The largest absolute Gasteiger partial charge is 0.474 e. The Hall–Kier alpha value is -0.380. The van der Waals surface area contributed by atoms with Gasteiger partial charge in [0.15, 0.2) is 0 Å². The Kier molecular flexibility index (Phi) is 6.25. The van der Waals surface area contributed by atoms with Gasteiger partial charge in [-0.2, -0.15) is 17.6 Å². The highest BCUT2D eigenvalue weighted by molar-refractivity contribution is 7.47. The molecule has 0 amide bonds. The van der Waals surface area contributed by atoms with E-state index in [0.717, 1.165) is 0 Å². The molecule has 0 aliphatic rings. The maximum absolute atomic E-state index is 12.8.